The average Bonchev–Trinajstić information content (AvgIpc) is 2.61. The van der Waals surface area contributed by atoms with Crippen LogP contribution in [0.5, 0.6) is 0 Å². The Morgan fingerprint density at radius 3 is 2.72 bits per heavy atom. The summed E-state index contributed by atoms with van der Waals surface area (Å²) in [6.07, 6.45) is 0.819. The molecule has 1 atom stereocenters. The Morgan fingerprint density at radius 2 is 2.17 bits per heavy atom. The lowest BCUT2D eigenvalue weighted by molar-refractivity contribution is -0.0361. The van der Waals surface area contributed by atoms with Crippen LogP contribution in [-0.4, -0.2) is 19.2 Å². The van der Waals surface area contributed by atoms with Gasteiger partial charge in [0.15, 0.2) is 0 Å². The van der Waals surface area contributed by atoms with Gasteiger partial charge in [0.05, 0.1) is 25.4 Å². The van der Waals surface area contributed by atoms with Crippen molar-refractivity contribution in [3.8, 4) is 0 Å². The third-order valence-electron chi connectivity index (χ3n) is 3.28. The lowest BCUT2D eigenvalue weighted by Gasteiger charge is -2.34. The number of esters is 1. The second kappa shape index (κ2) is 4.55. The average molecular weight is 269 g/mol. The van der Waals surface area contributed by atoms with E-state index < -0.39 is 0 Å². The first-order chi connectivity index (χ1) is 8.34. The van der Waals surface area contributed by atoms with Crippen molar-refractivity contribution in [3.05, 3.63) is 16.0 Å². The number of carbonyl (C=O) groups excluding carboxylic acids is 1. The maximum absolute atomic E-state index is 11.8. The third kappa shape index (κ3) is 2.24. The first-order valence-electron chi connectivity index (χ1n) is 5.94. The molecule has 2 N–H and O–H groups in total. The Morgan fingerprint density at radius 1 is 1.50 bits per heavy atom. The molecule has 0 aliphatic carbocycles. The molecule has 0 fully saturated rings. The quantitative estimate of drug-likeness (QED) is 0.796. The molecule has 1 aromatic heterocycles. The van der Waals surface area contributed by atoms with E-state index in [1.165, 1.54) is 18.4 Å². The van der Waals surface area contributed by atoms with Crippen LogP contribution >= 0.6 is 11.3 Å². The molecule has 0 aromatic carbocycles. The summed E-state index contributed by atoms with van der Waals surface area (Å²) in [5, 5.41) is 0.532. The van der Waals surface area contributed by atoms with E-state index in [0.717, 1.165) is 16.9 Å². The van der Waals surface area contributed by atoms with Crippen molar-refractivity contribution in [2.24, 2.45) is 5.41 Å². The highest BCUT2D eigenvalue weighted by molar-refractivity contribution is 7.16. The van der Waals surface area contributed by atoms with Gasteiger partial charge in [-0.25, -0.2) is 4.79 Å². The van der Waals surface area contributed by atoms with Gasteiger partial charge in [0, 0.05) is 11.3 Å². The van der Waals surface area contributed by atoms with Gasteiger partial charge in [-0.05, 0) is 11.0 Å². The molecule has 0 saturated carbocycles. The summed E-state index contributed by atoms with van der Waals surface area (Å²) in [4.78, 5) is 12.8. The summed E-state index contributed by atoms with van der Waals surface area (Å²) < 4.78 is 10.7. The van der Waals surface area contributed by atoms with Crippen LogP contribution in [0.4, 0.5) is 5.00 Å². The van der Waals surface area contributed by atoms with Crippen molar-refractivity contribution in [2.75, 3.05) is 12.8 Å². The Labute approximate surface area is 111 Å². The smallest absolute Gasteiger partial charge is 0.341 e. The summed E-state index contributed by atoms with van der Waals surface area (Å²) in [6, 6.07) is 0. The molecule has 0 amide bonds. The predicted octanol–water partition coefficient (Wildman–Crippen LogP) is 2.60. The van der Waals surface area contributed by atoms with Gasteiger partial charge in [-0.3, -0.25) is 0 Å². The van der Waals surface area contributed by atoms with Gasteiger partial charge in [0.1, 0.15) is 5.00 Å². The molecule has 4 nitrogen and oxygen atoms in total. The maximum Gasteiger partial charge on any atom is 0.341 e. The van der Waals surface area contributed by atoms with Gasteiger partial charge in [0.25, 0.3) is 0 Å². The van der Waals surface area contributed by atoms with Crippen molar-refractivity contribution in [2.45, 2.75) is 39.9 Å². The van der Waals surface area contributed by atoms with Crippen molar-refractivity contribution < 1.29 is 14.3 Å². The summed E-state index contributed by atoms with van der Waals surface area (Å²) in [7, 11) is 1.38. The van der Waals surface area contributed by atoms with Gasteiger partial charge in [0.2, 0.25) is 0 Å². The molecule has 18 heavy (non-hydrogen) atoms. The fourth-order valence-corrected chi connectivity index (χ4v) is 3.18. The highest BCUT2D eigenvalue weighted by Crippen LogP contribution is 2.39. The number of rotatable bonds is 1. The Hall–Kier alpha value is -1.07. The molecule has 100 valence electrons. The van der Waals surface area contributed by atoms with Crippen LogP contribution in [0.1, 0.15) is 41.6 Å². The van der Waals surface area contributed by atoms with Crippen molar-refractivity contribution in [3.63, 3.8) is 0 Å². The molecular weight excluding hydrogens is 250 g/mol. The zero-order valence-corrected chi connectivity index (χ0v) is 12.0. The molecule has 1 unspecified atom stereocenters. The number of hydrogen-bond donors (Lipinski definition) is 1. The Kier molecular flexibility index (Phi) is 3.38. The van der Waals surface area contributed by atoms with Crippen molar-refractivity contribution in [1.29, 1.82) is 0 Å². The maximum atomic E-state index is 11.8. The lowest BCUT2D eigenvalue weighted by atomic mass is 9.83. The second-order valence-electron chi connectivity index (χ2n) is 5.60. The van der Waals surface area contributed by atoms with Gasteiger partial charge in [-0.1, -0.05) is 20.8 Å². The molecule has 5 heteroatoms. The first-order valence-corrected chi connectivity index (χ1v) is 6.76. The van der Waals surface area contributed by atoms with Crippen LogP contribution in [0.2, 0.25) is 0 Å². The number of thiophene rings is 1. The third-order valence-corrected chi connectivity index (χ3v) is 4.31. The number of anilines is 1. The summed E-state index contributed by atoms with van der Waals surface area (Å²) in [6.45, 7) is 6.94. The van der Waals surface area contributed by atoms with E-state index >= 15 is 0 Å². The van der Waals surface area contributed by atoms with E-state index in [9.17, 15) is 4.79 Å². The number of ether oxygens (including phenoxy) is 2. The highest BCUT2D eigenvalue weighted by atomic mass is 32.1. The second-order valence-corrected chi connectivity index (χ2v) is 6.74. The number of nitrogen functional groups attached to an aromatic ring is 1. The molecule has 2 rings (SSSR count). The normalized spacial score (nSPS) is 19.4. The SMILES string of the molecule is COC(=O)c1c(N)sc2c1CC(C(C)(C)C)OC2. The molecule has 0 radical (unpaired) electrons. The van der Waals surface area contributed by atoms with E-state index in [4.69, 9.17) is 15.2 Å². The zero-order valence-electron chi connectivity index (χ0n) is 11.2. The van der Waals surface area contributed by atoms with Crippen LogP contribution in [0.3, 0.4) is 0 Å². The van der Waals surface area contributed by atoms with Gasteiger partial charge >= 0.3 is 5.97 Å². The molecule has 1 aliphatic rings. The van der Waals surface area contributed by atoms with Crippen molar-refractivity contribution in [1.82, 2.24) is 0 Å². The van der Waals surface area contributed by atoms with Crippen LogP contribution < -0.4 is 5.73 Å². The van der Waals surface area contributed by atoms with E-state index in [1.54, 1.807) is 0 Å². The first kappa shape index (κ1) is 13.4. The van der Waals surface area contributed by atoms with Crippen LogP contribution in [-0.2, 0) is 22.5 Å². The van der Waals surface area contributed by atoms with Gasteiger partial charge < -0.3 is 15.2 Å². The largest absolute Gasteiger partial charge is 0.465 e. The zero-order chi connectivity index (χ0) is 13.5. The fraction of sp³-hybridized carbons (Fsp3) is 0.615. The minimum absolute atomic E-state index is 0.0434. The van der Waals surface area contributed by atoms with Crippen molar-refractivity contribution >= 4 is 22.3 Å². The number of nitrogens with two attached hydrogens (primary N) is 1. The van der Waals surface area contributed by atoms with E-state index in [2.05, 4.69) is 20.8 Å². The molecule has 0 saturated heterocycles. The molecule has 2 heterocycles. The number of fused-ring (bicyclic) bond motifs is 1. The Balaban J connectivity index is 2.38. The summed E-state index contributed by atoms with van der Waals surface area (Å²) in [5.41, 5.74) is 7.50. The topological polar surface area (TPSA) is 61.5 Å². The lowest BCUT2D eigenvalue weighted by Crippen LogP contribution is -2.34. The van der Waals surface area contributed by atoms with Crippen LogP contribution in [0.15, 0.2) is 0 Å². The number of hydrogen-bond acceptors (Lipinski definition) is 5. The predicted molar refractivity (Wildman–Crippen MR) is 71.8 cm³/mol. The molecular formula is C13H19NO3S. The van der Waals surface area contributed by atoms with Crippen LogP contribution in [0.25, 0.3) is 0 Å². The molecule has 1 aromatic rings. The minimum atomic E-state index is -0.348. The Bertz CT molecular complexity index is 473. The summed E-state index contributed by atoms with van der Waals surface area (Å²) in [5.74, 6) is -0.348. The molecule has 0 spiro atoms. The number of carbonyl (C=O) groups is 1. The molecule has 0 bridgehead atoms. The van der Waals surface area contributed by atoms with Gasteiger partial charge in [-0.2, -0.15) is 0 Å². The minimum Gasteiger partial charge on any atom is -0.465 e. The highest BCUT2D eigenvalue weighted by Gasteiger charge is 2.34. The van der Waals surface area contributed by atoms with E-state index in [-0.39, 0.29) is 17.5 Å². The van der Waals surface area contributed by atoms with Gasteiger partial charge in [-0.15, -0.1) is 11.3 Å². The molecule has 1 aliphatic heterocycles. The monoisotopic (exact) mass is 269 g/mol. The number of methoxy groups -OCH3 is 1. The summed E-state index contributed by atoms with van der Waals surface area (Å²) >= 11 is 1.43. The van der Waals surface area contributed by atoms with Crippen LogP contribution in [0, 0.1) is 5.41 Å². The fourth-order valence-electron chi connectivity index (χ4n) is 2.17. The van der Waals surface area contributed by atoms with E-state index in [0.29, 0.717) is 17.2 Å². The van der Waals surface area contributed by atoms with E-state index in [1.807, 2.05) is 0 Å². The standard InChI is InChI=1S/C13H19NO3S/c1-13(2,3)9-5-7-8(6-17-9)18-11(14)10(7)12(15)16-4/h9H,5-6,14H2,1-4H3.